The van der Waals surface area contributed by atoms with Crippen molar-refractivity contribution in [2.24, 2.45) is 0 Å². The van der Waals surface area contributed by atoms with Crippen LogP contribution in [0, 0.1) is 5.82 Å². The van der Waals surface area contributed by atoms with Gasteiger partial charge in [-0.3, -0.25) is 9.78 Å². The van der Waals surface area contributed by atoms with Crippen molar-refractivity contribution in [3.05, 3.63) is 64.7 Å². The third kappa shape index (κ3) is 7.30. The number of rotatable bonds is 9. The summed E-state index contributed by atoms with van der Waals surface area (Å²) in [6.07, 6.45) is -4.04. The lowest BCUT2D eigenvalue weighted by atomic mass is 10.1. The van der Waals surface area contributed by atoms with Crippen molar-refractivity contribution in [1.82, 2.24) is 10.3 Å². The summed E-state index contributed by atoms with van der Waals surface area (Å²) in [5.41, 5.74) is -0.582. The Bertz CT molecular complexity index is 948. The molecule has 1 heterocycles. The van der Waals surface area contributed by atoms with Gasteiger partial charge in [-0.1, -0.05) is 0 Å². The van der Waals surface area contributed by atoms with Gasteiger partial charge in [0.2, 0.25) is 0 Å². The number of aromatic nitrogens is 1. The van der Waals surface area contributed by atoms with Crippen LogP contribution in [0.2, 0.25) is 0 Å². The number of carbonyl (C=O) groups is 2. The van der Waals surface area contributed by atoms with Crippen LogP contribution in [-0.2, 0) is 33.4 Å². The van der Waals surface area contributed by atoms with E-state index in [-0.39, 0.29) is 31.7 Å². The number of alkyl halides is 3. The van der Waals surface area contributed by atoms with Crippen LogP contribution in [-0.4, -0.2) is 35.7 Å². The average molecular weight is 456 g/mol. The van der Waals surface area contributed by atoms with Gasteiger partial charge in [0.25, 0.3) is 5.91 Å². The van der Waals surface area contributed by atoms with E-state index < -0.39 is 41.1 Å². The highest BCUT2D eigenvalue weighted by Gasteiger charge is 2.31. The van der Waals surface area contributed by atoms with E-state index in [9.17, 15) is 27.2 Å². The van der Waals surface area contributed by atoms with Crippen LogP contribution in [0.25, 0.3) is 0 Å². The Morgan fingerprint density at radius 3 is 2.47 bits per heavy atom. The fourth-order valence-electron chi connectivity index (χ4n) is 2.86. The first-order valence-corrected chi connectivity index (χ1v) is 9.92. The summed E-state index contributed by atoms with van der Waals surface area (Å²) in [5.74, 6) is -2.65. The van der Waals surface area contributed by atoms with Gasteiger partial charge >= 0.3 is 12.1 Å². The van der Waals surface area contributed by atoms with Crippen LogP contribution in [0.1, 0.15) is 48.0 Å². The van der Waals surface area contributed by atoms with Gasteiger partial charge in [-0.15, -0.1) is 0 Å². The molecule has 0 saturated carbocycles. The smallest absolute Gasteiger partial charge is 0.416 e. The molecule has 6 nitrogen and oxygen atoms in total. The number of carbonyl (C=O) groups excluding carboxylic acids is 2. The second-order valence-corrected chi connectivity index (χ2v) is 7.16. The molecule has 1 aromatic heterocycles. The van der Waals surface area contributed by atoms with Crippen LogP contribution in [0.5, 0.6) is 0 Å². The van der Waals surface area contributed by atoms with E-state index in [0.29, 0.717) is 17.3 Å². The molecule has 0 fully saturated rings. The Labute approximate surface area is 182 Å². The summed E-state index contributed by atoms with van der Waals surface area (Å²) < 4.78 is 62.6. The zero-order valence-corrected chi connectivity index (χ0v) is 17.8. The highest BCUT2D eigenvalue weighted by Crippen LogP contribution is 2.30. The number of ether oxygens (including phenoxy) is 2. The maximum atomic E-state index is 14.0. The van der Waals surface area contributed by atoms with E-state index in [1.807, 2.05) is 0 Å². The van der Waals surface area contributed by atoms with Gasteiger partial charge in [-0.25, -0.2) is 9.18 Å². The first-order valence-electron chi connectivity index (χ1n) is 9.92. The van der Waals surface area contributed by atoms with E-state index in [2.05, 4.69) is 10.3 Å². The van der Waals surface area contributed by atoms with Crippen molar-refractivity contribution in [3.8, 4) is 0 Å². The molecule has 1 N–H and O–H groups in total. The Kier molecular flexibility index (Phi) is 8.71. The summed E-state index contributed by atoms with van der Waals surface area (Å²) in [5, 5.41) is 2.42. The molecule has 0 aliphatic heterocycles. The van der Waals surface area contributed by atoms with Gasteiger partial charge in [0, 0.05) is 12.6 Å². The molecule has 0 radical (unpaired) electrons. The second-order valence-electron chi connectivity index (χ2n) is 7.16. The topological polar surface area (TPSA) is 77.5 Å². The van der Waals surface area contributed by atoms with Crippen LogP contribution in [0.3, 0.4) is 0 Å². The van der Waals surface area contributed by atoms with E-state index in [0.717, 1.165) is 6.07 Å². The monoisotopic (exact) mass is 456 g/mol. The molecule has 0 bridgehead atoms. The van der Waals surface area contributed by atoms with Crippen LogP contribution in [0.15, 0.2) is 36.5 Å². The average Bonchev–Trinajstić information content (AvgIpc) is 2.71. The maximum absolute atomic E-state index is 14.0. The number of hydrogen-bond acceptors (Lipinski definition) is 5. The van der Waals surface area contributed by atoms with Crippen LogP contribution in [0.4, 0.5) is 17.6 Å². The van der Waals surface area contributed by atoms with Crippen LogP contribution < -0.4 is 5.32 Å². The predicted octanol–water partition coefficient (Wildman–Crippen LogP) is 4.07. The highest BCUT2D eigenvalue weighted by molar-refractivity contribution is 5.94. The molecule has 174 valence electrons. The van der Waals surface area contributed by atoms with E-state index in [1.54, 1.807) is 32.9 Å². The SMILES string of the molecule is CCOC(=O)C(Cc1ccnc(CNC(=O)c2ccc(C(F)(F)F)cc2F)c1)OC(C)C. The quantitative estimate of drug-likeness (QED) is 0.455. The number of nitrogens with zero attached hydrogens (tertiary/aromatic N) is 1. The second kappa shape index (κ2) is 11.0. The van der Waals surface area contributed by atoms with Gasteiger partial charge in [-0.2, -0.15) is 13.2 Å². The lowest BCUT2D eigenvalue weighted by Gasteiger charge is -2.19. The third-order valence-electron chi connectivity index (χ3n) is 4.26. The van der Waals surface area contributed by atoms with Crippen molar-refractivity contribution in [2.75, 3.05) is 6.61 Å². The van der Waals surface area contributed by atoms with E-state index in [1.165, 1.54) is 6.20 Å². The Morgan fingerprint density at radius 1 is 1.16 bits per heavy atom. The molecular formula is C22H24F4N2O4. The first-order chi connectivity index (χ1) is 15.0. The van der Waals surface area contributed by atoms with Crippen molar-refractivity contribution in [1.29, 1.82) is 0 Å². The van der Waals surface area contributed by atoms with Crippen LogP contribution >= 0.6 is 0 Å². The molecule has 32 heavy (non-hydrogen) atoms. The minimum atomic E-state index is -4.71. The van der Waals surface area contributed by atoms with Crippen molar-refractivity contribution in [3.63, 3.8) is 0 Å². The van der Waals surface area contributed by atoms with Gasteiger partial charge in [0.15, 0.2) is 6.10 Å². The molecule has 0 saturated heterocycles. The number of amides is 1. The number of esters is 1. The van der Waals surface area contributed by atoms with Gasteiger partial charge in [-0.05, 0) is 56.7 Å². The first kappa shape index (κ1) is 25.3. The highest BCUT2D eigenvalue weighted by atomic mass is 19.4. The lowest BCUT2D eigenvalue weighted by molar-refractivity contribution is -0.159. The van der Waals surface area contributed by atoms with Crippen molar-refractivity contribution in [2.45, 2.75) is 52.1 Å². The van der Waals surface area contributed by atoms with E-state index >= 15 is 0 Å². The minimum absolute atomic E-state index is 0.0950. The Balaban J connectivity index is 2.06. The number of pyridine rings is 1. The summed E-state index contributed by atoms with van der Waals surface area (Å²) in [6.45, 7) is 5.39. The van der Waals surface area contributed by atoms with Gasteiger partial charge in [0.05, 0.1) is 36.1 Å². The summed E-state index contributed by atoms with van der Waals surface area (Å²) >= 11 is 0. The lowest BCUT2D eigenvalue weighted by Crippen LogP contribution is -2.31. The third-order valence-corrected chi connectivity index (χ3v) is 4.26. The molecule has 1 unspecified atom stereocenters. The zero-order valence-electron chi connectivity index (χ0n) is 17.8. The molecule has 0 aliphatic carbocycles. The molecule has 1 atom stereocenters. The molecule has 1 amide bonds. The molecule has 1 aromatic carbocycles. The molecule has 10 heteroatoms. The molecule has 2 aromatic rings. The predicted molar refractivity (Wildman–Crippen MR) is 107 cm³/mol. The zero-order chi connectivity index (χ0) is 23.9. The Hall–Kier alpha value is -3.01. The summed E-state index contributed by atoms with van der Waals surface area (Å²) in [4.78, 5) is 28.4. The summed E-state index contributed by atoms with van der Waals surface area (Å²) in [7, 11) is 0. The molecule has 0 spiro atoms. The molecule has 2 rings (SSSR count). The largest absolute Gasteiger partial charge is 0.464 e. The number of benzene rings is 1. The number of halogens is 4. The standard InChI is InChI=1S/C22H24F4N2O4/c1-4-31-21(30)19(32-13(2)3)10-14-7-8-27-16(9-14)12-28-20(29)17-6-5-15(11-18(17)23)22(24,25)26/h5-9,11,13,19H,4,10,12H2,1-3H3,(H,28,29). The maximum Gasteiger partial charge on any atom is 0.416 e. The van der Waals surface area contributed by atoms with Gasteiger partial charge in [0.1, 0.15) is 5.82 Å². The fourth-order valence-corrected chi connectivity index (χ4v) is 2.86. The Morgan fingerprint density at radius 2 is 1.88 bits per heavy atom. The van der Waals surface area contributed by atoms with Crippen molar-refractivity contribution >= 4 is 11.9 Å². The fraction of sp³-hybridized carbons (Fsp3) is 0.409. The van der Waals surface area contributed by atoms with Crippen molar-refractivity contribution < 1.29 is 36.6 Å². The summed E-state index contributed by atoms with van der Waals surface area (Å²) in [6, 6.07) is 5.01. The molecular weight excluding hydrogens is 432 g/mol. The molecule has 0 aliphatic rings. The minimum Gasteiger partial charge on any atom is -0.464 e. The van der Waals surface area contributed by atoms with E-state index in [4.69, 9.17) is 9.47 Å². The number of hydrogen-bond donors (Lipinski definition) is 1. The normalized spacial score (nSPS) is 12.5. The number of nitrogens with one attached hydrogen (secondary N) is 1. The van der Waals surface area contributed by atoms with Gasteiger partial charge < -0.3 is 14.8 Å².